The number of hydrogen-bond donors (Lipinski definition) is 0. The Kier molecular flexibility index (Phi) is 4.85. The maximum atomic E-state index is 12.8. The van der Waals surface area contributed by atoms with Crippen molar-refractivity contribution in [2.24, 2.45) is 0 Å². The molecule has 1 aromatic rings. The third-order valence-electron chi connectivity index (χ3n) is 4.15. The molecular weight excluding hydrogens is 295 g/mol. The van der Waals surface area contributed by atoms with Crippen molar-refractivity contribution in [2.75, 3.05) is 50.4 Å². The van der Waals surface area contributed by atoms with E-state index in [1.54, 1.807) is 12.1 Å². The van der Waals surface area contributed by atoms with Crippen molar-refractivity contribution < 1.29 is 21.8 Å². The molecule has 0 saturated carbocycles. The van der Waals surface area contributed by atoms with Gasteiger partial charge in [-0.25, -0.2) is 12.8 Å². The Morgan fingerprint density at radius 2 is 1.57 bits per heavy atom. The van der Waals surface area contributed by atoms with Gasteiger partial charge in [-0.1, -0.05) is 0 Å². The average Bonchev–Trinajstić information content (AvgIpc) is 2.36. The standard InChI is InChI=1S/C13H18FN2.CH4O3S/c14-12-2-4-13(5-3-12)15-6-10-16(11-7-15)8-1-9-16;1-5(2,3)4/h2-5H,1,6-11H2;1H3,(H,2,3,4)/q+1;/p-1. The van der Waals surface area contributed by atoms with Crippen molar-refractivity contribution in [2.45, 2.75) is 6.42 Å². The van der Waals surface area contributed by atoms with Crippen LogP contribution in [-0.4, -0.2) is 63.0 Å². The molecule has 3 rings (SSSR count). The Hall–Kier alpha value is -1.18. The van der Waals surface area contributed by atoms with E-state index in [-0.39, 0.29) is 5.82 Å². The molecule has 0 radical (unpaired) electrons. The van der Waals surface area contributed by atoms with Gasteiger partial charge in [0.25, 0.3) is 0 Å². The molecule has 118 valence electrons. The number of halogens is 1. The zero-order valence-corrected chi connectivity index (χ0v) is 13.0. The summed E-state index contributed by atoms with van der Waals surface area (Å²) >= 11 is 0. The molecule has 7 heteroatoms. The molecule has 21 heavy (non-hydrogen) atoms. The highest BCUT2D eigenvalue weighted by Gasteiger charge is 2.38. The van der Waals surface area contributed by atoms with Gasteiger partial charge in [0.15, 0.2) is 0 Å². The van der Waals surface area contributed by atoms with Crippen LogP contribution in [-0.2, 0) is 10.1 Å². The molecule has 1 spiro atoms. The maximum absolute atomic E-state index is 12.8. The van der Waals surface area contributed by atoms with Gasteiger partial charge in [0.05, 0.1) is 49.4 Å². The number of quaternary nitrogens is 1. The van der Waals surface area contributed by atoms with Gasteiger partial charge in [0, 0.05) is 18.4 Å². The molecule has 0 bridgehead atoms. The van der Waals surface area contributed by atoms with Gasteiger partial charge in [-0.15, -0.1) is 0 Å². The minimum absolute atomic E-state index is 0.146. The van der Waals surface area contributed by atoms with Gasteiger partial charge in [-0.05, 0) is 24.3 Å². The SMILES string of the molecule is CS(=O)(=O)[O-].Fc1ccc(N2CC[N+]3(CCC3)CC2)cc1. The summed E-state index contributed by atoms with van der Waals surface area (Å²) < 4.78 is 41.4. The van der Waals surface area contributed by atoms with Crippen molar-refractivity contribution in [3.05, 3.63) is 30.1 Å². The van der Waals surface area contributed by atoms with Crippen LogP contribution >= 0.6 is 0 Å². The van der Waals surface area contributed by atoms with Crippen molar-refractivity contribution in [1.29, 1.82) is 0 Å². The number of nitrogens with zero attached hydrogens (tertiary/aromatic N) is 2. The van der Waals surface area contributed by atoms with Crippen LogP contribution in [0.3, 0.4) is 0 Å². The summed E-state index contributed by atoms with van der Waals surface area (Å²) in [5.41, 5.74) is 1.17. The summed E-state index contributed by atoms with van der Waals surface area (Å²) in [5, 5.41) is 0. The molecule has 2 heterocycles. The molecule has 2 aliphatic heterocycles. The first-order valence-corrected chi connectivity index (χ1v) is 8.86. The lowest BCUT2D eigenvalue weighted by Crippen LogP contribution is -2.65. The summed E-state index contributed by atoms with van der Waals surface area (Å²) in [6.45, 7) is 7.50. The van der Waals surface area contributed by atoms with Gasteiger partial charge in [-0.2, -0.15) is 0 Å². The average molecular weight is 316 g/mol. The summed E-state index contributed by atoms with van der Waals surface area (Å²) in [4.78, 5) is 2.38. The quantitative estimate of drug-likeness (QED) is 0.573. The number of anilines is 1. The zero-order valence-electron chi connectivity index (χ0n) is 12.2. The normalized spacial score (nSPS) is 20.4. The van der Waals surface area contributed by atoms with Crippen LogP contribution in [0, 0.1) is 5.82 Å². The van der Waals surface area contributed by atoms with Crippen LogP contribution < -0.4 is 4.90 Å². The fourth-order valence-electron chi connectivity index (χ4n) is 2.85. The third-order valence-corrected chi connectivity index (χ3v) is 4.15. The van der Waals surface area contributed by atoms with E-state index in [0.29, 0.717) is 6.26 Å². The van der Waals surface area contributed by atoms with Crippen molar-refractivity contribution in [3.63, 3.8) is 0 Å². The second kappa shape index (κ2) is 6.29. The van der Waals surface area contributed by atoms with Crippen LogP contribution in [0.25, 0.3) is 0 Å². The lowest BCUT2D eigenvalue weighted by molar-refractivity contribution is -0.964. The molecule has 0 aromatic heterocycles. The Balaban J connectivity index is 0.000000282. The molecule has 0 N–H and O–H groups in total. The van der Waals surface area contributed by atoms with Crippen molar-refractivity contribution in [3.8, 4) is 0 Å². The van der Waals surface area contributed by atoms with Gasteiger partial charge in [-0.3, -0.25) is 0 Å². The Labute approximate surface area is 125 Å². The topological polar surface area (TPSA) is 60.4 Å². The molecule has 2 fully saturated rings. The van der Waals surface area contributed by atoms with Crippen LogP contribution in [0.15, 0.2) is 24.3 Å². The minimum Gasteiger partial charge on any atom is -0.748 e. The zero-order chi connectivity index (χ0) is 15.5. The first-order chi connectivity index (χ1) is 9.77. The van der Waals surface area contributed by atoms with E-state index in [1.807, 2.05) is 12.1 Å². The molecule has 0 aliphatic carbocycles. The highest BCUT2D eigenvalue weighted by Crippen LogP contribution is 2.25. The highest BCUT2D eigenvalue weighted by atomic mass is 32.2. The second-order valence-electron chi connectivity index (χ2n) is 5.76. The van der Waals surface area contributed by atoms with Crippen LogP contribution in [0.1, 0.15) is 6.42 Å². The first-order valence-electron chi connectivity index (χ1n) is 7.04. The fourth-order valence-corrected chi connectivity index (χ4v) is 2.85. The monoisotopic (exact) mass is 316 g/mol. The van der Waals surface area contributed by atoms with E-state index >= 15 is 0 Å². The molecule has 0 atom stereocenters. The largest absolute Gasteiger partial charge is 0.748 e. The number of rotatable bonds is 1. The summed E-state index contributed by atoms with van der Waals surface area (Å²) in [7, 11) is -3.92. The summed E-state index contributed by atoms with van der Waals surface area (Å²) in [6, 6.07) is 6.89. The smallest absolute Gasteiger partial charge is 0.123 e. The minimum atomic E-state index is -3.92. The Morgan fingerprint density at radius 3 is 1.95 bits per heavy atom. The summed E-state index contributed by atoms with van der Waals surface area (Å²) in [5.74, 6) is -0.146. The van der Waals surface area contributed by atoms with Crippen LogP contribution in [0.5, 0.6) is 0 Å². The third kappa shape index (κ3) is 4.94. The van der Waals surface area contributed by atoms with Gasteiger partial charge < -0.3 is 13.9 Å². The first kappa shape index (κ1) is 16.2. The number of hydrogen-bond acceptors (Lipinski definition) is 4. The van der Waals surface area contributed by atoms with Crippen LogP contribution in [0.2, 0.25) is 0 Å². The van der Waals surface area contributed by atoms with Crippen molar-refractivity contribution >= 4 is 15.8 Å². The van der Waals surface area contributed by atoms with E-state index in [0.717, 1.165) is 13.1 Å². The van der Waals surface area contributed by atoms with Crippen molar-refractivity contribution in [1.82, 2.24) is 0 Å². The lowest BCUT2D eigenvalue weighted by Gasteiger charge is -2.50. The molecule has 5 nitrogen and oxygen atoms in total. The Bertz CT molecular complexity index is 552. The maximum Gasteiger partial charge on any atom is 0.123 e. The number of piperazine rings is 1. The molecule has 2 aliphatic rings. The molecule has 0 unspecified atom stereocenters. The Morgan fingerprint density at radius 1 is 1.10 bits per heavy atom. The molecule has 0 amide bonds. The van der Waals surface area contributed by atoms with E-state index in [2.05, 4.69) is 4.90 Å². The predicted molar refractivity (Wildman–Crippen MR) is 78.6 cm³/mol. The molecular formula is C14H21FN2O3S. The highest BCUT2D eigenvalue weighted by molar-refractivity contribution is 7.84. The van der Waals surface area contributed by atoms with Gasteiger partial charge >= 0.3 is 0 Å². The van der Waals surface area contributed by atoms with E-state index in [9.17, 15) is 4.39 Å². The summed E-state index contributed by atoms with van der Waals surface area (Å²) in [6.07, 6.45) is 2.00. The van der Waals surface area contributed by atoms with Gasteiger partial charge in [0.1, 0.15) is 5.82 Å². The fraction of sp³-hybridized carbons (Fsp3) is 0.571. The molecule has 2 saturated heterocycles. The van der Waals surface area contributed by atoms with E-state index in [1.165, 1.54) is 42.8 Å². The molecule has 1 aromatic carbocycles. The lowest BCUT2D eigenvalue weighted by atomic mass is 10.1. The van der Waals surface area contributed by atoms with E-state index in [4.69, 9.17) is 13.0 Å². The van der Waals surface area contributed by atoms with Gasteiger partial charge in [0.2, 0.25) is 0 Å². The van der Waals surface area contributed by atoms with E-state index < -0.39 is 10.1 Å². The second-order valence-corrected chi connectivity index (χ2v) is 7.17. The predicted octanol–water partition coefficient (Wildman–Crippen LogP) is 1.03. The number of benzene rings is 1. The van der Waals surface area contributed by atoms with Crippen LogP contribution in [0.4, 0.5) is 10.1 Å².